The van der Waals surface area contributed by atoms with E-state index in [1.165, 1.54) is 4.68 Å². The number of aryl methyl sites for hydroxylation is 1. The first kappa shape index (κ1) is 17.8. The van der Waals surface area contributed by atoms with E-state index in [-0.39, 0.29) is 17.5 Å². The smallest absolute Gasteiger partial charge is 0.342 e. The van der Waals surface area contributed by atoms with E-state index in [1.54, 1.807) is 11.6 Å². The molecule has 6 nitrogen and oxygen atoms in total. The number of amides is 1. The lowest BCUT2D eigenvalue weighted by Crippen LogP contribution is -2.42. The van der Waals surface area contributed by atoms with Gasteiger partial charge in [0.15, 0.2) is 0 Å². The van der Waals surface area contributed by atoms with Crippen LogP contribution in [0.4, 0.5) is 0 Å². The number of hydrogen-bond acceptors (Lipinski definition) is 3. The minimum Gasteiger partial charge on any atom is -0.342 e. The van der Waals surface area contributed by atoms with Crippen molar-refractivity contribution in [1.29, 1.82) is 0 Å². The Kier molecular flexibility index (Phi) is 4.97. The number of piperidine rings is 1. The van der Waals surface area contributed by atoms with Gasteiger partial charge in [0.25, 0.3) is 0 Å². The molecule has 1 fully saturated rings. The number of allylic oxidation sites excluding steroid dienone is 2. The average Bonchev–Trinajstić information content (AvgIpc) is 3.03. The first-order chi connectivity index (χ1) is 13.1. The van der Waals surface area contributed by atoms with Crippen LogP contribution in [0.2, 0.25) is 0 Å². The number of hydrogen-bond donors (Lipinski definition) is 0. The molecule has 4 rings (SSSR count). The Bertz CT molecular complexity index is 889. The standard InChI is InChI=1S/C21H26N4O2/c1-23-21(27)25(18-10-6-3-7-11-18)19(22-23)16-12-14-24(15-13-16)20(26)17-8-4-2-5-9-17/h2-4,6-7,10-11,16-17H,5,8-9,12-15H2,1H3/t17-/m1/s1. The molecule has 6 heteroatoms. The zero-order valence-electron chi connectivity index (χ0n) is 15.8. The summed E-state index contributed by atoms with van der Waals surface area (Å²) >= 11 is 0. The van der Waals surface area contributed by atoms with Crippen LogP contribution >= 0.6 is 0 Å². The molecule has 0 N–H and O–H groups in total. The highest BCUT2D eigenvalue weighted by Gasteiger charge is 2.31. The van der Waals surface area contributed by atoms with E-state index in [0.717, 1.165) is 56.7 Å². The van der Waals surface area contributed by atoms with Gasteiger partial charge in [0.2, 0.25) is 5.91 Å². The fraction of sp³-hybridized carbons (Fsp3) is 0.476. The predicted octanol–water partition coefficient (Wildman–Crippen LogP) is 2.63. The van der Waals surface area contributed by atoms with E-state index < -0.39 is 0 Å². The van der Waals surface area contributed by atoms with E-state index >= 15 is 0 Å². The summed E-state index contributed by atoms with van der Waals surface area (Å²) in [5, 5.41) is 4.52. The Morgan fingerprint density at radius 3 is 2.48 bits per heavy atom. The quantitative estimate of drug-likeness (QED) is 0.785. The van der Waals surface area contributed by atoms with Crippen LogP contribution in [-0.4, -0.2) is 38.2 Å². The van der Waals surface area contributed by atoms with Crippen LogP contribution in [0.1, 0.15) is 43.8 Å². The molecule has 1 saturated heterocycles. The molecule has 142 valence electrons. The monoisotopic (exact) mass is 366 g/mol. The van der Waals surface area contributed by atoms with Crippen molar-refractivity contribution in [2.45, 2.75) is 38.0 Å². The van der Waals surface area contributed by atoms with Gasteiger partial charge in [0, 0.05) is 32.0 Å². The fourth-order valence-electron chi connectivity index (χ4n) is 4.20. The normalized spacial score (nSPS) is 20.8. The average molecular weight is 366 g/mol. The summed E-state index contributed by atoms with van der Waals surface area (Å²) in [7, 11) is 1.69. The van der Waals surface area contributed by atoms with Crippen molar-refractivity contribution in [3.63, 3.8) is 0 Å². The lowest BCUT2D eigenvalue weighted by atomic mass is 9.90. The van der Waals surface area contributed by atoms with Crippen molar-refractivity contribution in [2.75, 3.05) is 13.1 Å². The van der Waals surface area contributed by atoms with Crippen LogP contribution < -0.4 is 5.69 Å². The van der Waals surface area contributed by atoms with Gasteiger partial charge in [0.1, 0.15) is 5.82 Å². The third-order valence-electron chi connectivity index (χ3n) is 5.75. The van der Waals surface area contributed by atoms with Crippen molar-refractivity contribution >= 4 is 5.91 Å². The van der Waals surface area contributed by atoms with Gasteiger partial charge in [-0.3, -0.25) is 4.79 Å². The minimum atomic E-state index is -0.122. The first-order valence-electron chi connectivity index (χ1n) is 9.80. The van der Waals surface area contributed by atoms with E-state index in [0.29, 0.717) is 5.91 Å². The molecule has 0 radical (unpaired) electrons. The van der Waals surface area contributed by atoms with E-state index in [2.05, 4.69) is 17.3 Å². The van der Waals surface area contributed by atoms with Crippen molar-refractivity contribution in [3.05, 3.63) is 58.8 Å². The fourth-order valence-corrected chi connectivity index (χ4v) is 4.20. The third kappa shape index (κ3) is 3.48. The number of carbonyl (C=O) groups excluding carboxylic acids is 1. The maximum Gasteiger partial charge on any atom is 0.350 e. The van der Waals surface area contributed by atoms with Gasteiger partial charge in [-0.05, 0) is 44.2 Å². The van der Waals surface area contributed by atoms with Crippen LogP contribution in [0, 0.1) is 5.92 Å². The molecule has 27 heavy (non-hydrogen) atoms. The second-order valence-electron chi connectivity index (χ2n) is 7.52. The van der Waals surface area contributed by atoms with Gasteiger partial charge in [-0.2, -0.15) is 5.10 Å². The van der Waals surface area contributed by atoms with Gasteiger partial charge in [0.05, 0.1) is 5.69 Å². The lowest BCUT2D eigenvalue weighted by Gasteiger charge is -2.34. The number of carbonyl (C=O) groups is 1. The molecule has 0 bridgehead atoms. The maximum absolute atomic E-state index is 12.8. The largest absolute Gasteiger partial charge is 0.350 e. The van der Waals surface area contributed by atoms with Crippen LogP contribution in [0.15, 0.2) is 47.3 Å². The zero-order valence-corrected chi connectivity index (χ0v) is 15.8. The number of nitrogens with zero attached hydrogens (tertiary/aromatic N) is 4. The summed E-state index contributed by atoms with van der Waals surface area (Å²) < 4.78 is 3.13. The molecule has 2 aliphatic rings. The third-order valence-corrected chi connectivity index (χ3v) is 5.75. The van der Waals surface area contributed by atoms with E-state index in [4.69, 9.17) is 0 Å². The lowest BCUT2D eigenvalue weighted by molar-refractivity contribution is -0.136. The topological polar surface area (TPSA) is 60.1 Å². The van der Waals surface area contributed by atoms with Crippen LogP contribution in [0.5, 0.6) is 0 Å². The first-order valence-corrected chi connectivity index (χ1v) is 9.80. The number of rotatable bonds is 3. The summed E-state index contributed by atoms with van der Waals surface area (Å²) in [4.78, 5) is 27.4. The Hall–Kier alpha value is -2.63. The minimum absolute atomic E-state index is 0.122. The molecule has 1 aliphatic carbocycles. The van der Waals surface area contributed by atoms with Gasteiger partial charge >= 0.3 is 5.69 Å². The molecule has 1 aliphatic heterocycles. The van der Waals surface area contributed by atoms with E-state index in [1.807, 2.05) is 35.2 Å². The molecular formula is C21H26N4O2. The molecule has 2 heterocycles. The second-order valence-corrected chi connectivity index (χ2v) is 7.52. The SMILES string of the molecule is Cn1nc(C2CCN(C(=O)[C@@H]3CC=CCC3)CC2)n(-c2ccccc2)c1=O. The summed E-state index contributed by atoms with van der Waals surface area (Å²) in [6.07, 6.45) is 8.82. The molecule has 1 aromatic heterocycles. The van der Waals surface area contributed by atoms with Gasteiger partial charge in [-0.15, -0.1) is 0 Å². The molecular weight excluding hydrogens is 340 g/mol. The summed E-state index contributed by atoms with van der Waals surface area (Å²) in [6.45, 7) is 1.48. The molecule has 0 saturated carbocycles. The molecule has 1 aromatic carbocycles. The number of para-hydroxylation sites is 1. The maximum atomic E-state index is 12.8. The Morgan fingerprint density at radius 2 is 1.81 bits per heavy atom. The second kappa shape index (κ2) is 7.55. The Morgan fingerprint density at radius 1 is 1.07 bits per heavy atom. The van der Waals surface area contributed by atoms with E-state index in [9.17, 15) is 9.59 Å². The summed E-state index contributed by atoms with van der Waals surface area (Å²) in [5.74, 6) is 1.43. The highest BCUT2D eigenvalue weighted by molar-refractivity contribution is 5.79. The predicted molar refractivity (Wildman–Crippen MR) is 104 cm³/mol. The zero-order chi connectivity index (χ0) is 18.8. The Labute approximate surface area is 159 Å². The summed E-state index contributed by atoms with van der Waals surface area (Å²) in [5.41, 5.74) is 0.724. The molecule has 2 aromatic rings. The number of aromatic nitrogens is 3. The molecule has 1 atom stereocenters. The van der Waals surface area contributed by atoms with Crippen molar-refractivity contribution < 1.29 is 4.79 Å². The van der Waals surface area contributed by atoms with Gasteiger partial charge in [-0.25, -0.2) is 14.0 Å². The molecule has 1 amide bonds. The van der Waals surface area contributed by atoms with Crippen molar-refractivity contribution in [3.8, 4) is 5.69 Å². The molecule has 0 spiro atoms. The van der Waals surface area contributed by atoms with Crippen LogP contribution in [0.25, 0.3) is 5.69 Å². The van der Waals surface area contributed by atoms with Crippen molar-refractivity contribution in [1.82, 2.24) is 19.2 Å². The van der Waals surface area contributed by atoms with Crippen LogP contribution in [-0.2, 0) is 11.8 Å². The number of benzene rings is 1. The highest BCUT2D eigenvalue weighted by atomic mass is 16.2. The summed E-state index contributed by atoms with van der Waals surface area (Å²) in [6, 6.07) is 9.66. The van der Waals surface area contributed by atoms with Gasteiger partial charge < -0.3 is 4.90 Å². The molecule has 0 unspecified atom stereocenters. The van der Waals surface area contributed by atoms with Crippen LogP contribution in [0.3, 0.4) is 0 Å². The van der Waals surface area contributed by atoms with Crippen molar-refractivity contribution in [2.24, 2.45) is 13.0 Å². The Balaban J connectivity index is 1.50. The van der Waals surface area contributed by atoms with Gasteiger partial charge in [-0.1, -0.05) is 30.4 Å². The number of likely N-dealkylation sites (tertiary alicyclic amines) is 1. The highest BCUT2D eigenvalue weighted by Crippen LogP contribution is 2.29.